The lowest BCUT2D eigenvalue weighted by Crippen LogP contribution is -2.47. The van der Waals surface area contributed by atoms with Gasteiger partial charge < -0.3 is 5.32 Å². The van der Waals surface area contributed by atoms with Gasteiger partial charge in [0, 0.05) is 24.2 Å². The highest BCUT2D eigenvalue weighted by Crippen LogP contribution is 2.30. The maximum atomic E-state index is 13.0. The fraction of sp³-hybridized carbons (Fsp3) is 0.550. The first-order chi connectivity index (χ1) is 12.4. The van der Waals surface area contributed by atoms with Crippen molar-refractivity contribution in [3.8, 4) is 0 Å². The Morgan fingerprint density at radius 2 is 1.77 bits per heavy atom. The van der Waals surface area contributed by atoms with E-state index >= 15 is 0 Å². The SMILES string of the molecule is CC1CCCC(C)N1S(=O)(=O)c1ccc(NC(=O)CC2C=CCC2)cc1. The van der Waals surface area contributed by atoms with Gasteiger partial charge in [0.15, 0.2) is 0 Å². The molecule has 3 unspecified atom stereocenters. The van der Waals surface area contributed by atoms with Gasteiger partial charge in [-0.3, -0.25) is 4.79 Å². The Morgan fingerprint density at radius 1 is 1.12 bits per heavy atom. The molecule has 3 atom stereocenters. The molecule has 0 saturated carbocycles. The molecule has 0 aromatic heterocycles. The number of nitrogens with one attached hydrogen (secondary N) is 1. The molecule has 1 aliphatic carbocycles. The molecule has 1 aliphatic heterocycles. The summed E-state index contributed by atoms with van der Waals surface area (Å²) in [5.74, 6) is 0.284. The van der Waals surface area contributed by atoms with Crippen molar-refractivity contribution in [3.63, 3.8) is 0 Å². The average molecular weight is 377 g/mol. The van der Waals surface area contributed by atoms with E-state index in [0.29, 0.717) is 18.0 Å². The number of sulfonamides is 1. The first-order valence-corrected chi connectivity index (χ1v) is 10.9. The second-order valence-electron chi connectivity index (χ2n) is 7.51. The number of benzene rings is 1. The first-order valence-electron chi connectivity index (χ1n) is 9.48. The van der Waals surface area contributed by atoms with Crippen LogP contribution in [0.4, 0.5) is 5.69 Å². The Kier molecular flexibility index (Phi) is 5.82. The van der Waals surface area contributed by atoms with Crippen LogP contribution in [0.5, 0.6) is 0 Å². The molecule has 5 nitrogen and oxygen atoms in total. The molecule has 2 aliphatic rings. The van der Waals surface area contributed by atoms with Crippen LogP contribution < -0.4 is 5.32 Å². The highest BCUT2D eigenvalue weighted by Gasteiger charge is 2.35. The van der Waals surface area contributed by atoms with Gasteiger partial charge in [0.05, 0.1) is 4.90 Å². The van der Waals surface area contributed by atoms with Crippen molar-refractivity contribution >= 4 is 21.6 Å². The molecule has 1 heterocycles. The summed E-state index contributed by atoms with van der Waals surface area (Å²) in [7, 11) is -3.51. The van der Waals surface area contributed by atoms with Crippen molar-refractivity contribution in [3.05, 3.63) is 36.4 Å². The number of carbonyl (C=O) groups excluding carboxylic acids is 1. The smallest absolute Gasteiger partial charge is 0.243 e. The van der Waals surface area contributed by atoms with E-state index in [1.807, 2.05) is 13.8 Å². The standard InChI is InChI=1S/C20H28N2O3S/c1-15-6-5-7-16(2)22(15)26(24,25)19-12-10-18(11-13-19)21-20(23)14-17-8-3-4-9-17/h3,8,10-13,15-17H,4-7,9,14H2,1-2H3,(H,21,23). The fourth-order valence-electron chi connectivity index (χ4n) is 4.02. The molecule has 26 heavy (non-hydrogen) atoms. The Bertz CT molecular complexity index is 761. The van der Waals surface area contributed by atoms with Crippen LogP contribution in [0.1, 0.15) is 52.4 Å². The van der Waals surface area contributed by atoms with Crippen molar-refractivity contribution in [2.24, 2.45) is 5.92 Å². The molecular formula is C20H28N2O3S. The van der Waals surface area contributed by atoms with Gasteiger partial charge in [0.2, 0.25) is 15.9 Å². The van der Waals surface area contributed by atoms with E-state index in [2.05, 4.69) is 17.5 Å². The van der Waals surface area contributed by atoms with E-state index in [-0.39, 0.29) is 22.9 Å². The second kappa shape index (κ2) is 7.92. The van der Waals surface area contributed by atoms with Crippen molar-refractivity contribution in [1.29, 1.82) is 0 Å². The topological polar surface area (TPSA) is 66.5 Å². The molecule has 0 radical (unpaired) electrons. The second-order valence-corrected chi connectivity index (χ2v) is 9.35. The Labute approximate surface area is 156 Å². The van der Waals surface area contributed by atoms with E-state index in [9.17, 15) is 13.2 Å². The molecule has 0 spiro atoms. The number of piperidine rings is 1. The number of rotatable bonds is 5. The number of hydrogen-bond acceptors (Lipinski definition) is 3. The summed E-state index contributed by atoms with van der Waals surface area (Å²) < 4.78 is 27.6. The zero-order chi connectivity index (χ0) is 18.7. The Balaban J connectivity index is 1.68. The molecular weight excluding hydrogens is 348 g/mol. The minimum absolute atomic E-state index is 0.0163. The monoisotopic (exact) mass is 376 g/mol. The van der Waals surface area contributed by atoms with Crippen LogP contribution in [-0.2, 0) is 14.8 Å². The van der Waals surface area contributed by atoms with Crippen molar-refractivity contribution in [2.45, 2.75) is 69.4 Å². The maximum absolute atomic E-state index is 13.0. The van der Waals surface area contributed by atoms with Gasteiger partial charge >= 0.3 is 0 Å². The van der Waals surface area contributed by atoms with E-state index in [4.69, 9.17) is 0 Å². The first kappa shape index (κ1) is 19.1. The summed E-state index contributed by atoms with van der Waals surface area (Å²) in [6.45, 7) is 3.94. The third-order valence-electron chi connectivity index (χ3n) is 5.39. The quantitative estimate of drug-likeness (QED) is 0.792. The minimum Gasteiger partial charge on any atom is -0.326 e. The number of allylic oxidation sites excluding steroid dienone is 2. The van der Waals surface area contributed by atoms with Crippen LogP contribution in [0, 0.1) is 5.92 Å². The van der Waals surface area contributed by atoms with Gasteiger partial charge in [0.1, 0.15) is 0 Å². The van der Waals surface area contributed by atoms with Gasteiger partial charge in [-0.15, -0.1) is 0 Å². The summed E-state index contributed by atoms with van der Waals surface area (Å²) >= 11 is 0. The number of amides is 1. The fourth-order valence-corrected chi connectivity index (χ4v) is 5.90. The Morgan fingerprint density at radius 3 is 2.35 bits per heavy atom. The van der Waals surface area contributed by atoms with Crippen LogP contribution in [0.2, 0.25) is 0 Å². The van der Waals surface area contributed by atoms with Crippen LogP contribution in [0.15, 0.2) is 41.3 Å². The summed E-state index contributed by atoms with van der Waals surface area (Å²) in [5.41, 5.74) is 0.635. The van der Waals surface area contributed by atoms with E-state index < -0.39 is 10.0 Å². The Hall–Kier alpha value is -1.66. The molecule has 142 valence electrons. The number of anilines is 1. The van der Waals surface area contributed by atoms with Gasteiger partial charge in [-0.05, 0) is 69.7 Å². The van der Waals surface area contributed by atoms with Crippen molar-refractivity contribution in [2.75, 3.05) is 5.32 Å². The van der Waals surface area contributed by atoms with Gasteiger partial charge in [0.25, 0.3) is 0 Å². The maximum Gasteiger partial charge on any atom is 0.243 e. The normalized spacial score (nSPS) is 26.8. The minimum atomic E-state index is -3.51. The molecule has 1 aromatic rings. The third-order valence-corrected chi connectivity index (χ3v) is 7.53. The molecule has 1 saturated heterocycles. The molecule has 1 amide bonds. The molecule has 1 N–H and O–H groups in total. The summed E-state index contributed by atoms with van der Waals surface area (Å²) in [6.07, 6.45) is 9.60. The summed E-state index contributed by atoms with van der Waals surface area (Å²) in [6, 6.07) is 6.57. The van der Waals surface area contributed by atoms with Crippen LogP contribution >= 0.6 is 0 Å². The molecule has 3 rings (SSSR count). The summed E-state index contributed by atoms with van der Waals surface area (Å²) in [4.78, 5) is 12.4. The molecule has 1 fully saturated rings. The highest BCUT2D eigenvalue weighted by atomic mass is 32.2. The van der Waals surface area contributed by atoms with Crippen molar-refractivity contribution < 1.29 is 13.2 Å². The molecule has 6 heteroatoms. The summed E-state index contributed by atoms with van der Waals surface area (Å²) in [5, 5.41) is 2.86. The zero-order valence-corrected chi connectivity index (χ0v) is 16.3. The molecule has 0 bridgehead atoms. The number of hydrogen-bond donors (Lipinski definition) is 1. The number of nitrogens with zero attached hydrogens (tertiary/aromatic N) is 1. The van der Waals surface area contributed by atoms with E-state index in [0.717, 1.165) is 32.1 Å². The number of carbonyl (C=O) groups is 1. The lowest BCUT2D eigenvalue weighted by molar-refractivity contribution is -0.116. The van der Waals surface area contributed by atoms with Gasteiger partial charge in [-0.2, -0.15) is 4.31 Å². The lowest BCUT2D eigenvalue weighted by atomic mass is 10.0. The van der Waals surface area contributed by atoms with E-state index in [1.54, 1.807) is 28.6 Å². The van der Waals surface area contributed by atoms with Gasteiger partial charge in [-0.1, -0.05) is 18.6 Å². The third kappa shape index (κ3) is 4.18. The van der Waals surface area contributed by atoms with Crippen LogP contribution in [0.25, 0.3) is 0 Å². The van der Waals surface area contributed by atoms with Crippen molar-refractivity contribution in [1.82, 2.24) is 4.31 Å². The van der Waals surface area contributed by atoms with E-state index in [1.165, 1.54) is 0 Å². The molecule has 1 aromatic carbocycles. The average Bonchev–Trinajstić information content (AvgIpc) is 3.07. The van der Waals surface area contributed by atoms with Crippen LogP contribution in [0.3, 0.4) is 0 Å². The predicted molar refractivity (Wildman–Crippen MR) is 103 cm³/mol. The van der Waals surface area contributed by atoms with Crippen LogP contribution in [-0.4, -0.2) is 30.7 Å². The van der Waals surface area contributed by atoms with Gasteiger partial charge in [-0.25, -0.2) is 8.42 Å². The predicted octanol–water partition coefficient (Wildman–Crippen LogP) is 3.93. The lowest BCUT2D eigenvalue weighted by Gasteiger charge is -2.37. The largest absolute Gasteiger partial charge is 0.326 e. The zero-order valence-electron chi connectivity index (χ0n) is 15.5. The highest BCUT2D eigenvalue weighted by molar-refractivity contribution is 7.89.